The van der Waals surface area contributed by atoms with Crippen molar-refractivity contribution in [3.05, 3.63) is 30.1 Å². The van der Waals surface area contributed by atoms with Gasteiger partial charge in [-0.2, -0.15) is 0 Å². The van der Waals surface area contributed by atoms with E-state index in [0.29, 0.717) is 12.1 Å². The lowest BCUT2D eigenvalue weighted by Gasteiger charge is -2.10. The summed E-state index contributed by atoms with van der Waals surface area (Å²) in [6, 6.07) is 3.74. The Morgan fingerprint density at radius 3 is 3.12 bits per heavy atom. The SMILES string of the molecule is COC(C)Cn1cc(C=O)c2cccnc21. The first-order valence-electron chi connectivity index (χ1n) is 5.18. The predicted molar refractivity (Wildman–Crippen MR) is 61.6 cm³/mol. The molecule has 0 amide bonds. The largest absolute Gasteiger partial charge is 0.380 e. The molecule has 0 fully saturated rings. The molecule has 4 nitrogen and oxygen atoms in total. The van der Waals surface area contributed by atoms with E-state index in [1.165, 1.54) is 0 Å². The number of methoxy groups -OCH3 is 1. The minimum atomic E-state index is 0.0945. The van der Waals surface area contributed by atoms with Crippen molar-refractivity contribution in [3.8, 4) is 0 Å². The van der Waals surface area contributed by atoms with E-state index in [4.69, 9.17) is 4.74 Å². The van der Waals surface area contributed by atoms with E-state index in [0.717, 1.165) is 17.3 Å². The Labute approximate surface area is 93.9 Å². The Kier molecular flexibility index (Phi) is 3.01. The number of rotatable bonds is 4. The highest BCUT2D eigenvalue weighted by Gasteiger charge is 2.10. The fourth-order valence-corrected chi connectivity index (χ4v) is 1.73. The van der Waals surface area contributed by atoms with Crippen LogP contribution >= 0.6 is 0 Å². The fraction of sp³-hybridized carbons (Fsp3) is 0.333. The topological polar surface area (TPSA) is 44.1 Å². The average molecular weight is 218 g/mol. The molecule has 0 N–H and O–H groups in total. The second-order valence-electron chi connectivity index (χ2n) is 3.78. The zero-order valence-corrected chi connectivity index (χ0v) is 9.38. The van der Waals surface area contributed by atoms with Crippen molar-refractivity contribution in [1.29, 1.82) is 0 Å². The summed E-state index contributed by atoms with van der Waals surface area (Å²) in [6.45, 7) is 2.67. The summed E-state index contributed by atoms with van der Waals surface area (Å²) in [5.74, 6) is 0. The number of carbonyl (C=O) groups excluding carboxylic acids is 1. The summed E-state index contributed by atoms with van der Waals surface area (Å²) in [4.78, 5) is 15.2. The van der Waals surface area contributed by atoms with E-state index < -0.39 is 0 Å². The van der Waals surface area contributed by atoms with Crippen molar-refractivity contribution < 1.29 is 9.53 Å². The molecule has 0 saturated carbocycles. The number of pyridine rings is 1. The Balaban J connectivity index is 2.49. The number of carbonyl (C=O) groups is 1. The first-order chi connectivity index (χ1) is 7.76. The van der Waals surface area contributed by atoms with Crippen molar-refractivity contribution in [3.63, 3.8) is 0 Å². The van der Waals surface area contributed by atoms with Crippen molar-refractivity contribution in [1.82, 2.24) is 9.55 Å². The van der Waals surface area contributed by atoms with Gasteiger partial charge < -0.3 is 9.30 Å². The number of nitrogens with zero attached hydrogens (tertiary/aromatic N) is 2. The van der Waals surface area contributed by atoms with Gasteiger partial charge in [0.25, 0.3) is 0 Å². The normalized spacial score (nSPS) is 12.9. The van der Waals surface area contributed by atoms with Crippen LogP contribution in [0.5, 0.6) is 0 Å². The van der Waals surface area contributed by atoms with E-state index in [1.807, 2.05) is 29.8 Å². The summed E-state index contributed by atoms with van der Waals surface area (Å²) in [5, 5.41) is 0.890. The lowest BCUT2D eigenvalue weighted by atomic mass is 10.2. The van der Waals surface area contributed by atoms with Crippen LogP contribution in [0.1, 0.15) is 17.3 Å². The van der Waals surface area contributed by atoms with Gasteiger partial charge in [-0.1, -0.05) is 0 Å². The first kappa shape index (κ1) is 10.8. The van der Waals surface area contributed by atoms with Gasteiger partial charge >= 0.3 is 0 Å². The van der Waals surface area contributed by atoms with Gasteiger partial charge in [0.15, 0.2) is 6.29 Å². The minimum Gasteiger partial charge on any atom is -0.380 e. The summed E-state index contributed by atoms with van der Waals surface area (Å²) in [5.41, 5.74) is 1.50. The Hall–Kier alpha value is -1.68. The minimum absolute atomic E-state index is 0.0945. The molecule has 1 unspecified atom stereocenters. The third kappa shape index (κ3) is 1.84. The van der Waals surface area contributed by atoms with Gasteiger partial charge in [-0.25, -0.2) is 4.98 Å². The smallest absolute Gasteiger partial charge is 0.152 e. The highest BCUT2D eigenvalue weighted by Crippen LogP contribution is 2.18. The molecule has 0 aliphatic carbocycles. The maximum Gasteiger partial charge on any atom is 0.152 e. The lowest BCUT2D eigenvalue weighted by molar-refractivity contribution is 0.104. The molecule has 2 aromatic heterocycles. The Bertz CT molecular complexity index is 505. The molecule has 0 spiro atoms. The van der Waals surface area contributed by atoms with Crippen LogP contribution in [0.15, 0.2) is 24.5 Å². The summed E-state index contributed by atoms with van der Waals surface area (Å²) < 4.78 is 7.16. The van der Waals surface area contributed by atoms with Crippen molar-refractivity contribution >= 4 is 17.3 Å². The van der Waals surface area contributed by atoms with Crippen molar-refractivity contribution in [2.45, 2.75) is 19.6 Å². The number of hydrogen-bond acceptors (Lipinski definition) is 3. The van der Waals surface area contributed by atoms with E-state index in [2.05, 4.69) is 4.98 Å². The third-order valence-electron chi connectivity index (χ3n) is 2.65. The maximum absolute atomic E-state index is 10.9. The molecule has 0 aliphatic heterocycles. The van der Waals surface area contributed by atoms with Crippen molar-refractivity contribution in [2.24, 2.45) is 0 Å². The molecular formula is C12H14N2O2. The lowest BCUT2D eigenvalue weighted by Crippen LogP contribution is -2.14. The molecule has 0 saturated heterocycles. The van der Waals surface area contributed by atoms with Crippen molar-refractivity contribution in [2.75, 3.05) is 7.11 Å². The van der Waals surface area contributed by atoms with Gasteiger partial charge in [0.2, 0.25) is 0 Å². The first-order valence-corrected chi connectivity index (χ1v) is 5.18. The molecule has 0 aliphatic rings. The van der Waals surface area contributed by atoms with Gasteiger partial charge in [0.05, 0.1) is 12.6 Å². The summed E-state index contributed by atoms with van der Waals surface area (Å²) >= 11 is 0. The molecule has 16 heavy (non-hydrogen) atoms. The fourth-order valence-electron chi connectivity index (χ4n) is 1.73. The second kappa shape index (κ2) is 4.45. The highest BCUT2D eigenvalue weighted by molar-refractivity contribution is 5.95. The van der Waals surface area contributed by atoms with Crippen LogP contribution in [0.2, 0.25) is 0 Å². The average Bonchev–Trinajstić information content (AvgIpc) is 2.68. The molecule has 0 bridgehead atoms. The molecule has 2 aromatic rings. The molecule has 1 atom stereocenters. The van der Waals surface area contributed by atoms with Gasteiger partial charge in [-0.05, 0) is 19.1 Å². The van der Waals surface area contributed by atoms with Crippen LogP contribution in [0.25, 0.3) is 11.0 Å². The monoisotopic (exact) mass is 218 g/mol. The number of aromatic nitrogens is 2. The van der Waals surface area contributed by atoms with Gasteiger partial charge in [-0.15, -0.1) is 0 Å². The van der Waals surface area contributed by atoms with Crippen LogP contribution in [-0.4, -0.2) is 29.1 Å². The van der Waals surface area contributed by atoms with E-state index >= 15 is 0 Å². The zero-order valence-electron chi connectivity index (χ0n) is 9.38. The molecular weight excluding hydrogens is 204 g/mol. The summed E-state index contributed by atoms with van der Waals surface area (Å²) in [7, 11) is 1.67. The third-order valence-corrected chi connectivity index (χ3v) is 2.65. The molecule has 2 heterocycles. The second-order valence-corrected chi connectivity index (χ2v) is 3.78. The number of aldehydes is 1. The van der Waals surface area contributed by atoms with Crippen LogP contribution in [0.3, 0.4) is 0 Å². The Morgan fingerprint density at radius 1 is 1.62 bits per heavy atom. The van der Waals surface area contributed by atoms with Crippen LogP contribution in [0, 0.1) is 0 Å². The number of hydrogen-bond donors (Lipinski definition) is 0. The Morgan fingerprint density at radius 2 is 2.44 bits per heavy atom. The van der Waals surface area contributed by atoms with Gasteiger partial charge in [0, 0.05) is 30.5 Å². The van der Waals surface area contributed by atoms with Crippen LogP contribution < -0.4 is 0 Å². The number of ether oxygens (including phenoxy) is 1. The van der Waals surface area contributed by atoms with E-state index in [-0.39, 0.29) is 6.10 Å². The standard InChI is InChI=1S/C12H14N2O2/c1-9(16-2)6-14-7-10(8-15)11-4-3-5-13-12(11)14/h3-5,7-9H,6H2,1-2H3. The molecule has 4 heteroatoms. The molecule has 84 valence electrons. The van der Waals surface area contributed by atoms with E-state index in [9.17, 15) is 4.79 Å². The summed E-state index contributed by atoms with van der Waals surface area (Å²) in [6.07, 6.45) is 4.50. The predicted octanol–water partition coefficient (Wildman–Crippen LogP) is 1.88. The zero-order chi connectivity index (χ0) is 11.5. The quantitative estimate of drug-likeness (QED) is 0.736. The number of fused-ring (bicyclic) bond motifs is 1. The maximum atomic E-state index is 10.9. The van der Waals surface area contributed by atoms with Crippen LogP contribution in [0.4, 0.5) is 0 Å². The van der Waals surface area contributed by atoms with Gasteiger partial charge in [-0.3, -0.25) is 4.79 Å². The molecule has 2 rings (SSSR count). The van der Waals surface area contributed by atoms with E-state index in [1.54, 1.807) is 13.3 Å². The van der Waals surface area contributed by atoms with Crippen LogP contribution in [-0.2, 0) is 11.3 Å². The molecule has 0 aromatic carbocycles. The van der Waals surface area contributed by atoms with Gasteiger partial charge in [0.1, 0.15) is 5.65 Å². The highest BCUT2D eigenvalue weighted by atomic mass is 16.5. The molecule has 0 radical (unpaired) electrons.